The first-order chi connectivity index (χ1) is 7.24. The molecule has 0 radical (unpaired) electrons. The Morgan fingerprint density at radius 3 is 1.73 bits per heavy atom. The first-order valence-corrected chi connectivity index (χ1v) is 6.26. The summed E-state index contributed by atoms with van der Waals surface area (Å²) in [6.07, 6.45) is 5.32. The van der Waals surface area contributed by atoms with Gasteiger partial charge in [-0.2, -0.15) is 0 Å². The molecule has 15 heavy (non-hydrogen) atoms. The number of ether oxygens (including phenoxy) is 2. The van der Waals surface area contributed by atoms with Crippen LogP contribution in [0.15, 0.2) is 25.3 Å². The van der Waals surface area contributed by atoms with Gasteiger partial charge < -0.3 is 9.47 Å². The molecule has 0 spiro atoms. The van der Waals surface area contributed by atoms with Gasteiger partial charge >= 0.3 is 0 Å². The lowest BCUT2D eigenvalue weighted by atomic mass is 10.3. The molecule has 0 saturated carbocycles. The van der Waals surface area contributed by atoms with Gasteiger partial charge in [0.2, 0.25) is 0 Å². The zero-order valence-electron chi connectivity index (χ0n) is 8.44. The molecule has 2 saturated heterocycles. The Labute approximate surface area is 98.6 Å². The minimum Gasteiger partial charge on any atom is -0.355 e. The van der Waals surface area contributed by atoms with Crippen LogP contribution in [0.25, 0.3) is 0 Å². The van der Waals surface area contributed by atoms with E-state index in [0.29, 0.717) is 0 Å². The van der Waals surface area contributed by atoms with Crippen molar-refractivity contribution in [3.8, 4) is 0 Å². The standard InChI is InChI=1S/C10H14O3S2/c1-3-5-9(7-11-9)14-13-15-10(6-4-2)8-12-10/h3-4H,1-2,5-8H2. The number of rotatable bonds is 8. The molecule has 2 unspecified atom stereocenters. The third-order valence-corrected chi connectivity index (χ3v) is 4.17. The van der Waals surface area contributed by atoms with Crippen LogP contribution in [0.5, 0.6) is 0 Å². The van der Waals surface area contributed by atoms with Crippen molar-refractivity contribution in [3.63, 3.8) is 0 Å². The summed E-state index contributed by atoms with van der Waals surface area (Å²) < 4.78 is 16.1. The molecule has 0 N–H and O–H groups in total. The summed E-state index contributed by atoms with van der Waals surface area (Å²) in [5.74, 6) is 0. The predicted molar refractivity (Wildman–Crippen MR) is 63.3 cm³/mol. The van der Waals surface area contributed by atoms with Crippen LogP contribution in [0.4, 0.5) is 0 Å². The molecule has 3 nitrogen and oxygen atoms in total. The van der Waals surface area contributed by atoms with Crippen molar-refractivity contribution in [2.45, 2.75) is 22.7 Å². The monoisotopic (exact) mass is 246 g/mol. The molecular formula is C10H14O3S2. The summed E-state index contributed by atoms with van der Waals surface area (Å²) in [6.45, 7) is 8.85. The van der Waals surface area contributed by atoms with E-state index in [1.54, 1.807) is 0 Å². The van der Waals surface area contributed by atoms with E-state index in [9.17, 15) is 0 Å². The zero-order valence-corrected chi connectivity index (χ0v) is 10.1. The van der Waals surface area contributed by atoms with E-state index in [0.717, 1.165) is 26.1 Å². The highest BCUT2D eigenvalue weighted by Crippen LogP contribution is 2.50. The van der Waals surface area contributed by atoms with Gasteiger partial charge in [0.25, 0.3) is 0 Å². The van der Waals surface area contributed by atoms with Crippen LogP contribution in [0.3, 0.4) is 0 Å². The fourth-order valence-corrected chi connectivity index (χ4v) is 2.95. The molecule has 0 amide bonds. The van der Waals surface area contributed by atoms with Crippen LogP contribution >= 0.6 is 24.1 Å². The van der Waals surface area contributed by atoms with Crippen molar-refractivity contribution in [1.82, 2.24) is 0 Å². The highest BCUT2D eigenvalue weighted by atomic mass is 32.2. The molecule has 2 rings (SSSR count). The molecule has 2 heterocycles. The van der Waals surface area contributed by atoms with E-state index in [1.165, 1.54) is 24.1 Å². The van der Waals surface area contributed by atoms with Crippen LogP contribution in [0.1, 0.15) is 12.8 Å². The normalized spacial score (nSPS) is 37.3. The van der Waals surface area contributed by atoms with E-state index in [4.69, 9.17) is 13.1 Å². The highest BCUT2D eigenvalue weighted by Gasteiger charge is 2.49. The van der Waals surface area contributed by atoms with Gasteiger partial charge in [0.1, 0.15) is 0 Å². The molecule has 0 aromatic heterocycles. The SMILES string of the molecule is C=CCC1(SOSC2(CC=C)CO2)CO1. The van der Waals surface area contributed by atoms with Crippen molar-refractivity contribution in [2.75, 3.05) is 13.2 Å². The fraction of sp³-hybridized carbons (Fsp3) is 0.600. The number of hydrogen-bond acceptors (Lipinski definition) is 5. The minimum atomic E-state index is -0.182. The van der Waals surface area contributed by atoms with E-state index >= 15 is 0 Å². The van der Waals surface area contributed by atoms with Gasteiger partial charge in [-0.1, -0.05) is 12.2 Å². The van der Waals surface area contributed by atoms with Gasteiger partial charge in [-0.3, -0.25) is 0 Å². The number of epoxide rings is 2. The summed E-state index contributed by atoms with van der Waals surface area (Å²) in [5, 5.41) is 0. The van der Waals surface area contributed by atoms with Gasteiger partial charge in [-0.05, 0) is 0 Å². The second-order valence-corrected chi connectivity index (χ2v) is 5.98. The smallest absolute Gasteiger partial charge is 0.167 e. The maximum Gasteiger partial charge on any atom is 0.167 e. The molecule has 2 aliphatic rings. The second-order valence-electron chi connectivity index (χ2n) is 3.62. The average Bonchev–Trinajstić information content (AvgIpc) is 3.08. The lowest BCUT2D eigenvalue weighted by molar-refractivity contribution is 0.374. The predicted octanol–water partition coefficient (Wildman–Crippen LogP) is 2.90. The maximum atomic E-state index is 5.48. The van der Waals surface area contributed by atoms with Crippen LogP contribution in [-0.4, -0.2) is 23.1 Å². The molecule has 0 aromatic carbocycles. The maximum absolute atomic E-state index is 5.48. The van der Waals surface area contributed by atoms with Crippen LogP contribution in [0, 0.1) is 0 Å². The Kier molecular flexibility index (Phi) is 3.47. The van der Waals surface area contributed by atoms with Gasteiger partial charge in [-0.15, -0.1) is 13.2 Å². The van der Waals surface area contributed by atoms with E-state index in [2.05, 4.69) is 13.2 Å². The first kappa shape index (κ1) is 11.5. The van der Waals surface area contributed by atoms with E-state index in [1.807, 2.05) is 12.2 Å². The summed E-state index contributed by atoms with van der Waals surface area (Å²) in [4.78, 5) is -0.363. The Hall–Kier alpha value is 0.0600. The topological polar surface area (TPSA) is 34.3 Å². The molecule has 0 bridgehead atoms. The minimum absolute atomic E-state index is 0.182. The van der Waals surface area contributed by atoms with Crippen LogP contribution < -0.4 is 0 Å². The summed E-state index contributed by atoms with van der Waals surface area (Å²) in [5.41, 5.74) is 0. The molecular weight excluding hydrogens is 232 g/mol. The Bertz CT molecular complexity index is 233. The van der Waals surface area contributed by atoms with Gasteiger partial charge in [0, 0.05) is 36.9 Å². The largest absolute Gasteiger partial charge is 0.355 e. The van der Waals surface area contributed by atoms with Crippen molar-refractivity contribution in [1.29, 1.82) is 0 Å². The molecule has 2 aliphatic heterocycles. The second kappa shape index (κ2) is 4.51. The van der Waals surface area contributed by atoms with Crippen molar-refractivity contribution >= 4 is 24.1 Å². The highest BCUT2D eigenvalue weighted by molar-refractivity contribution is 8.09. The fourth-order valence-electron chi connectivity index (χ4n) is 1.14. The lowest BCUT2D eigenvalue weighted by Crippen LogP contribution is -2.06. The quantitative estimate of drug-likeness (QED) is 0.374. The first-order valence-electron chi connectivity index (χ1n) is 4.77. The van der Waals surface area contributed by atoms with Crippen molar-refractivity contribution < 1.29 is 13.1 Å². The average molecular weight is 246 g/mol. The zero-order chi connectivity index (χ0) is 10.8. The Morgan fingerprint density at radius 2 is 1.47 bits per heavy atom. The van der Waals surface area contributed by atoms with Gasteiger partial charge in [0.15, 0.2) is 9.87 Å². The lowest BCUT2D eigenvalue weighted by Gasteiger charge is -2.10. The van der Waals surface area contributed by atoms with Crippen molar-refractivity contribution in [2.24, 2.45) is 0 Å². The van der Waals surface area contributed by atoms with E-state index in [-0.39, 0.29) is 9.87 Å². The molecule has 2 fully saturated rings. The number of hydrogen-bond donors (Lipinski definition) is 0. The molecule has 5 heteroatoms. The summed E-state index contributed by atoms with van der Waals surface area (Å²) in [6, 6.07) is 0. The Balaban J connectivity index is 1.66. The van der Waals surface area contributed by atoms with Crippen molar-refractivity contribution in [3.05, 3.63) is 25.3 Å². The molecule has 84 valence electrons. The van der Waals surface area contributed by atoms with Crippen LogP contribution in [0.2, 0.25) is 0 Å². The molecule has 2 atom stereocenters. The third kappa shape index (κ3) is 3.01. The molecule has 0 aromatic rings. The summed E-state index contributed by atoms with van der Waals surface area (Å²) in [7, 11) is 0. The molecule has 0 aliphatic carbocycles. The summed E-state index contributed by atoms with van der Waals surface area (Å²) >= 11 is 2.72. The third-order valence-electron chi connectivity index (χ3n) is 2.22. The van der Waals surface area contributed by atoms with Gasteiger partial charge in [0.05, 0.1) is 13.2 Å². The van der Waals surface area contributed by atoms with Gasteiger partial charge in [-0.25, -0.2) is 3.63 Å². The Morgan fingerprint density at radius 1 is 1.07 bits per heavy atom. The van der Waals surface area contributed by atoms with E-state index < -0.39 is 0 Å². The van der Waals surface area contributed by atoms with Crippen LogP contribution in [-0.2, 0) is 13.1 Å².